The molecule has 0 bridgehead atoms. The Balaban J connectivity index is 1.75. The number of hydrogen-bond acceptors (Lipinski definition) is 1. The molecular weight excluding hydrogens is 387 g/mol. The molecule has 0 saturated heterocycles. The van der Waals surface area contributed by atoms with Gasteiger partial charge in [0.2, 0.25) is 5.82 Å². The fourth-order valence-corrected chi connectivity index (χ4v) is 3.22. The Hall–Kier alpha value is -3.41. The molecule has 0 aliphatic carbocycles. The van der Waals surface area contributed by atoms with Crippen LogP contribution in [0, 0.1) is 29.1 Å². The van der Waals surface area contributed by atoms with Gasteiger partial charge in [0.25, 0.3) is 0 Å². The van der Waals surface area contributed by atoms with Gasteiger partial charge in [-0.3, -0.25) is 0 Å². The van der Waals surface area contributed by atoms with E-state index in [1.165, 1.54) is 12.1 Å². The summed E-state index contributed by atoms with van der Waals surface area (Å²) in [5.41, 5.74) is 0.521. The van der Waals surface area contributed by atoms with Crippen LogP contribution in [0.5, 0.6) is 5.75 Å². The minimum atomic E-state index is -2.17. The van der Waals surface area contributed by atoms with Crippen LogP contribution < -0.4 is 4.74 Å². The van der Waals surface area contributed by atoms with Crippen molar-refractivity contribution in [1.29, 1.82) is 0 Å². The van der Waals surface area contributed by atoms with E-state index >= 15 is 0 Å². The molecule has 0 radical (unpaired) electrons. The van der Waals surface area contributed by atoms with Crippen molar-refractivity contribution in [3.05, 3.63) is 89.7 Å². The Bertz CT molecular complexity index is 1200. The van der Waals surface area contributed by atoms with Crippen LogP contribution in [-0.2, 0) is 0 Å². The first-order valence-corrected chi connectivity index (χ1v) is 8.60. The Morgan fingerprint density at radius 3 is 1.62 bits per heavy atom. The van der Waals surface area contributed by atoms with Crippen LogP contribution in [0.15, 0.2) is 60.7 Å². The molecular formula is C23H13F5O. The largest absolute Gasteiger partial charge is 0.497 e. The van der Waals surface area contributed by atoms with Crippen LogP contribution in [0.3, 0.4) is 0 Å². The maximum atomic E-state index is 14.0. The van der Waals surface area contributed by atoms with Gasteiger partial charge in [0.1, 0.15) is 5.75 Å². The van der Waals surface area contributed by atoms with Gasteiger partial charge >= 0.3 is 0 Å². The van der Waals surface area contributed by atoms with E-state index in [1.54, 1.807) is 19.2 Å². The molecule has 6 heteroatoms. The highest BCUT2D eigenvalue weighted by Gasteiger charge is 2.26. The molecule has 4 aromatic rings. The van der Waals surface area contributed by atoms with Crippen molar-refractivity contribution in [1.82, 2.24) is 0 Å². The van der Waals surface area contributed by atoms with E-state index < -0.39 is 34.6 Å². The third-order valence-corrected chi connectivity index (χ3v) is 4.76. The second-order valence-electron chi connectivity index (χ2n) is 6.45. The molecule has 0 amide bonds. The summed E-state index contributed by atoms with van der Waals surface area (Å²) in [6.07, 6.45) is 0. The Kier molecular flexibility index (Phi) is 4.70. The number of rotatable bonds is 3. The maximum absolute atomic E-state index is 14.0. The Morgan fingerprint density at radius 2 is 1.00 bits per heavy atom. The van der Waals surface area contributed by atoms with E-state index in [0.717, 1.165) is 27.6 Å². The lowest BCUT2D eigenvalue weighted by atomic mass is 9.97. The van der Waals surface area contributed by atoms with Crippen LogP contribution in [0.4, 0.5) is 22.0 Å². The molecule has 0 aliphatic rings. The van der Waals surface area contributed by atoms with E-state index in [0.29, 0.717) is 0 Å². The van der Waals surface area contributed by atoms with Crippen LogP contribution in [0.2, 0.25) is 0 Å². The lowest BCUT2D eigenvalue weighted by Gasteiger charge is -2.10. The number of halogens is 5. The van der Waals surface area contributed by atoms with Gasteiger partial charge in [0.15, 0.2) is 23.3 Å². The van der Waals surface area contributed by atoms with Crippen LogP contribution in [-0.4, -0.2) is 7.11 Å². The minimum absolute atomic E-state index is 0.105. The van der Waals surface area contributed by atoms with Crippen LogP contribution >= 0.6 is 0 Å². The molecule has 0 saturated carbocycles. The first-order chi connectivity index (χ1) is 13.9. The van der Waals surface area contributed by atoms with Crippen molar-refractivity contribution in [2.24, 2.45) is 0 Å². The number of benzene rings is 4. The molecule has 0 fully saturated rings. The van der Waals surface area contributed by atoms with E-state index in [-0.39, 0.29) is 5.56 Å². The summed E-state index contributed by atoms with van der Waals surface area (Å²) < 4.78 is 73.4. The first-order valence-electron chi connectivity index (χ1n) is 8.60. The fourth-order valence-electron chi connectivity index (χ4n) is 3.22. The van der Waals surface area contributed by atoms with Crippen LogP contribution in [0.25, 0.3) is 33.0 Å². The molecule has 0 atom stereocenters. The molecule has 29 heavy (non-hydrogen) atoms. The first kappa shape index (κ1) is 18.9. The van der Waals surface area contributed by atoms with E-state index in [4.69, 9.17) is 4.74 Å². The summed E-state index contributed by atoms with van der Waals surface area (Å²) in [6.45, 7) is 0. The topological polar surface area (TPSA) is 9.23 Å². The van der Waals surface area contributed by atoms with Gasteiger partial charge in [-0.15, -0.1) is 0 Å². The quantitative estimate of drug-likeness (QED) is 0.207. The van der Waals surface area contributed by atoms with Gasteiger partial charge in [0.05, 0.1) is 12.7 Å². The number of hydrogen-bond donors (Lipinski definition) is 0. The fraction of sp³-hybridized carbons (Fsp3) is 0.0435. The molecule has 4 rings (SSSR count). The molecule has 0 aliphatic heterocycles. The number of ether oxygens (including phenoxy) is 1. The van der Waals surface area contributed by atoms with Crippen molar-refractivity contribution in [2.75, 3.05) is 7.11 Å². The summed E-state index contributed by atoms with van der Waals surface area (Å²) in [6, 6.07) is 17.1. The summed E-state index contributed by atoms with van der Waals surface area (Å²) in [5.74, 6) is -9.07. The maximum Gasteiger partial charge on any atom is 0.200 e. The lowest BCUT2D eigenvalue weighted by Crippen LogP contribution is -2.03. The second kappa shape index (κ2) is 7.20. The molecule has 146 valence electrons. The normalized spacial score (nSPS) is 11.1. The zero-order valence-electron chi connectivity index (χ0n) is 15.1. The molecule has 0 unspecified atom stereocenters. The zero-order valence-corrected chi connectivity index (χ0v) is 15.1. The van der Waals surface area contributed by atoms with Crippen molar-refractivity contribution >= 4 is 10.8 Å². The molecule has 0 N–H and O–H groups in total. The molecule has 4 aromatic carbocycles. The van der Waals surface area contributed by atoms with Gasteiger partial charge in [0, 0.05) is 0 Å². The number of methoxy groups -OCH3 is 1. The summed E-state index contributed by atoms with van der Waals surface area (Å²) in [7, 11) is 1.58. The predicted octanol–water partition coefficient (Wildman–Crippen LogP) is 6.88. The zero-order chi connectivity index (χ0) is 20.7. The minimum Gasteiger partial charge on any atom is -0.497 e. The summed E-state index contributed by atoms with van der Waals surface area (Å²) in [4.78, 5) is 0. The summed E-state index contributed by atoms with van der Waals surface area (Å²) >= 11 is 0. The SMILES string of the molecule is COc1ccc2cc(-c3ccc(-c4c(F)c(F)c(F)c(F)c4F)cc3)ccc2c1. The van der Waals surface area contributed by atoms with Gasteiger partial charge < -0.3 is 4.74 Å². The third-order valence-electron chi connectivity index (χ3n) is 4.76. The average molecular weight is 400 g/mol. The smallest absolute Gasteiger partial charge is 0.200 e. The molecule has 1 nitrogen and oxygen atoms in total. The van der Waals surface area contributed by atoms with Gasteiger partial charge in [-0.2, -0.15) is 0 Å². The third kappa shape index (κ3) is 3.20. The van der Waals surface area contributed by atoms with E-state index in [9.17, 15) is 22.0 Å². The van der Waals surface area contributed by atoms with Crippen LogP contribution in [0.1, 0.15) is 0 Å². The highest BCUT2D eigenvalue weighted by atomic mass is 19.2. The number of fused-ring (bicyclic) bond motifs is 1. The van der Waals surface area contributed by atoms with Gasteiger partial charge in [-0.05, 0) is 45.7 Å². The van der Waals surface area contributed by atoms with Crippen molar-refractivity contribution < 1.29 is 26.7 Å². The second-order valence-corrected chi connectivity index (χ2v) is 6.45. The molecule has 0 heterocycles. The summed E-state index contributed by atoms with van der Waals surface area (Å²) in [5, 5.41) is 1.94. The average Bonchev–Trinajstić information content (AvgIpc) is 2.76. The highest BCUT2D eigenvalue weighted by Crippen LogP contribution is 2.33. The lowest BCUT2D eigenvalue weighted by molar-refractivity contribution is 0.381. The van der Waals surface area contributed by atoms with Gasteiger partial charge in [-0.25, -0.2) is 22.0 Å². The van der Waals surface area contributed by atoms with Gasteiger partial charge in [-0.1, -0.05) is 42.5 Å². The highest BCUT2D eigenvalue weighted by molar-refractivity contribution is 5.88. The standard InChI is InChI=1S/C23H13F5O/c1-29-17-9-8-15-10-14(6-7-16(15)11-17)12-2-4-13(5-3-12)18-19(24)21(26)23(28)22(27)20(18)25/h2-11H,1H3. The molecule has 0 aromatic heterocycles. The molecule has 0 spiro atoms. The van der Waals surface area contributed by atoms with Crippen molar-refractivity contribution in [2.45, 2.75) is 0 Å². The van der Waals surface area contributed by atoms with Crippen molar-refractivity contribution in [3.8, 4) is 28.0 Å². The predicted molar refractivity (Wildman–Crippen MR) is 101 cm³/mol. The monoisotopic (exact) mass is 400 g/mol. The Morgan fingerprint density at radius 1 is 0.517 bits per heavy atom. The van der Waals surface area contributed by atoms with E-state index in [2.05, 4.69) is 0 Å². The van der Waals surface area contributed by atoms with E-state index in [1.807, 2.05) is 36.4 Å². The Labute approximate surface area is 163 Å². The van der Waals surface area contributed by atoms with Crippen molar-refractivity contribution in [3.63, 3.8) is 0 Å².